The van der Waals surface area contributed by atoms with Crippen LogP contribution in [0.3, 0.4) is 0 Å². The number of aromatic nitrogens is 1. The van der Waals surface area contributed by atoms with Gasteiger partial charge in [-0.05, 0) is 46.6 Å². The molecule has 0 saturated carbocycles. The van der Waals surface area contributed by atoms with Crippen LogP contribution in [0.2, 0.25) is 0 Å². The zero-order valence-corrected chi connectivity index (χ0v) is 12.4. The first-order valence-electron chi connectivity index (χ1n) is 5.89. The van der Waals surface area contributed by atoms with Crippen molar-refractivity contribution in [2.24, 2.45) is 0 Å². The maximum absolute atomic E-state index is 12.9. The van der Waals surface area contributed by atoms with Gasteiger partial charge in [0.15, 0.2) is 0 Å². The van der Waals surface area contributed by atoms with Crippen molar-refractivity contribution in [2.75, 3.05) is 5.32 Å². The smallest absolute Gasteiger partial charge is 0.306 e. The van der Waals surface area contributed by atoms with Crippen molar-refractivity contribution in [3.63, 3.8) is 0 Å². The number of carbonyl (C=O) groups is 1. The Labute approximate surface area is 127 Å². The first kappa shape index (κ1) is 15.5. The Morgan fingerprint density at radius 1 is 1.29 bits per heavy atom. The number of rotatable bonds is 2. The largest absolute Gasteiger partial charge is 0.417 e. The summed E-state index contributed by atoms with van der Waals surface area (Å²) in [7, 11) is 0. The van der Waals surface area contributed by atoms with Crippen LogP contribution in [-0.2, 0) is 6.18 Å². The fraction of sp³-hybridized carbons (Fsp3) is 0.143. The third kappa shape index (κ3) is 3.60. The Balaban J connectivity index is 2.33. The maximum atomic E-state index is 12.9. The molecule has 110 valence electrons. The third-order valence-electron chi connectivity index (χ3n) is 2.75. The van der Waals surface area contributed by atoms with Crippen LogP contribution in [0, 0.1) is 6.92 Å². The molecule has 0 atom stereocenters. The molecule has 1 N–H and O–H groups in total. The van der Waals surface area contributed by atoms with Crippen molar-refractivity contribution < 1.29 is 18.0 Å². The lowest BCUT2D eigenvalue weighted by molar-refractivity contribution is -0.137. The average Bonchev–Trinajstić information content (AvgIpc) is 2.41. The summed E-state index contributed by atoms with van der Waals surface area (Å²) in [6.45, 7) is 1.70. The van der Waals surface area contributed by atoms with Crippen LogP contribution >= 0.6 is 15.9 Å². The average molecular weight is 359 g/mol. The van der Waals surface area contributed by atoms with Gasteiger partial charge in [0.2, 0.25) is 0 Å². The molecule has 0 aliphatic rings. The first-order valence-corrected chi connectivity index (χ1v) is 6.68. The van der Waals surface area contributed by atoms with Crippen LogP contribution in [0.25, 0.3) is 0 Å². The topological polar surface area (TPSA) is 42.0 Å². The van der Waals surface area contributed by atoms with E-state index in [1.165, 1.54) is 18.3 Å². The Hall–Kier alpha value is -1.89. The molecule has 7 heteroatoms. The van der Waals surface area contributed by atoms with E-state index >= 15 is 0 Å². The van der Waals surface area contributed by atoms with Gasteiger partial charge in [0.05, 0.1) is 11.1 Å². The second-order valence-corrected chi connectivity index (χ2v) is 5.23. The molecule has 1 heterocycles. The lowest BCUT2D eigenvalue weighted by Gasteiger charge is -2.13. The normalized spacial score (nSPS) is 11.3. The van der Waals surface area contributed by atoms with Gasteiger partial charge < -0.3 is 5.32 Å². The zero-order valence-electron chi connectivity index (χ0n) is 10.8. The molecular weight excluding hydrogens is 349 g/mol. The van der Waals surface area contributed by atoms with E-state index in [-0.39, 0.29) is 5.82 Å². The second-order valence-electron chi connectivity index (χ2n) is 4.32. The van der Waals surface area contributed by atoms with Crippen LogP contribution in [0.4, 0.5) is 19.0 Å². The first-order chi connectivity index (χ1) is 9.79. The summed E-state index contributed by atoms with van der Waals surface area (Å²) in [6.07, 6.45) is -3.13. The highest BCUT2D eigenvalue weighted by atomic mass is 79.9. The second kappa shape index (κ2) is 5.85. The van der Waals surface area contributed by atoms with Crippen LogP contribution in [0.1, 0.15) is 21.5 Å². The molecule has 0 aliphatic carbocycles. The number of pyridine rings is 1. The van der Waals surface area contributed by atoms with Gasteiger partial charge in [-0.2, -0.15) is 13.2 Å². The highest BCUT2D eigenvalue weighted by Crippen LogP contribution is 2.32. The van der Waals surface area contributed by atoms with Gasteiger partial charge in [0, 0.05) is 10.7 Å². The summed E-state index contributed by atoms with van der Waals surface area (Å²) >= 11 is 3.22. The summed E-state index contributed by atoms with van der Waals surface area (Å²) in [6, 6.07) is 6.33. The highest BCUT2D eigenvalue weighted by molar-refractivity contribution is 9.10. The number of nitrogens with zero attached hydrogens (tertiary/aromatic N) is 1. The molecule has 0 spiro atoms. The van der Waals surface area contributed by atoms with Crippen LogP contribution in [0.15, 0.2) is 41.0 Å². The van der Waals surface area contributed by atoms with Gasteiger partial charge in [-0.25, -0.2) is 4.98 Å². The maximum Gasteiger partial charge on any atom is 0.417 e. The van der Waals surface area contributed by atoms with Gasteiger partial charge in [0.25, 0.3) is 5.91 Å². The number of hydrogen-bond acceptors (Lipinski definition) is 2. The SMILES string of the molecule is Cc1cc(Br)cnc1NC(=O)c1ccccc1C(F)(F)F. The minimum absolute atomic E-state index is 0.222. The van der Waals surface area contributed by atoms with E-state index in [9.17, 15) is 18.0 Å². The quantitative estimate of drug-likeness (QED) is 0.862. The molecule has 1 aromatic carbocycles. The number of amides is 1. The number of aryl methyl sites for hydroxylation is 1. The summed E-state index contributed by atoms with van der Waals surface area (Å²) in [5.41, 5.74) is -0.770. The number of hydrogen-bond donors (Lipinski definition) is 1. The molecule has 0 aliphatic heterocycles. The number of nitrogens with one attached hydrogen (secondary N) is 1. The molecule has 1 amide bonds. The summed E-state index contributed by atoms with van der Waals surface area (Å²) in [5, 5.41) is 2.40. The number of anilines is 1. The predicted octanol–water partition coefficient (Wildman–Crippen LogP) is 4.42. The van der Waals surface area contributed by atoms with Crippen LogP contribution in [0.5, 0.6) is 0 Å². The van der Waals surface area contributed by atoms with Crippen LogP contribution in [-0.4, -0.2) is 10.9 Å². The molecule has 21 heavy (non-hydrogen) atoms. The minimum atomic E-state index is -4.59. The summed E-state index contributed by atoms with van der Waals surface area (Å²) in [5.74, 6) is -0.624. The standard InChI is InChI=1S/C14H10BrF3N2O/c1-8-6-9(15)7-19-12(8)20-13(21)10-4-2-3-5-11(10)14(16,17)18/h2-7H,1H3,(H,19,20,21). The Bertz CT molecular complexity index is 686. The van der Waals surface area contributed by atoms with E-state index in [2.05, 4.69) is 26.2 Å². The Morgan fingerprint density at radius 2 is 1.95 bits per heavy atom. The van der Waals surface area contributed by atoms with Crippen molar-refractivity contribution in [3.8, 4) is 0 Å². The van der Waals surface area contributed by atoms with E-state index in [4.69, 9.17) is 0 Å². The van der Waals surface area contributed by atoms with Gasteiger partial charge in [-0.3, -0.25) is 4.79 Å². The van der Waals surface area contributed by atoms with Gasteiger partial charge >= 0.3 is 6.18 Å². The molecule has 0 unspecified atom stereocenters. The van der Waals surface area contributed by atoms with Crippen LogP contribution < -0.4 is 5.32 Å². The van der Waals surface area contributed by atoms with Crippen molar-refractivity contribution >= 4 is 27.7 Å². The molecule has 2 aromatic rings. The minimum Gasteiger partial charge on any atom is -0.306 e. The van der Waals surface area contributed by atoms with E-state index in [0.29, 0.717) is 10.0 Å². The van der Waals surface area contributed by atoms with E-state index in [0.717, 1.165) is 12.1 Å². The van der Waals surface area contributed by atoms with Gasteiger partial charge in [0.1, 0.15) is 5.82 Å². The van der Waals surface area contributed by atoms with E-state index in [1.807, 2.05) is 0 Å². The monoisotopic (exact) mass is 358 g/mol. The molecule has 2 rings (SSSR count). The number of benzene rings is 1. The van der Waals surface area contributed by atoms with Gasteiger partial charge in [-0.15, -0.1) is 0 Å². The number of carbonyl (C=O) groups excluding carboxylic acids is 1. The Kier molecular flexibility index (Phi) is 4.32. The van der Waals surface area contributed by atoms with Gasteiger partial charge in [-0.1, -0.05) is 12.1 Å². The molecule has 3 nitrogen and oxygen atoms in total. The van der Waals surface area contributed by atoms with E-state index < -0.39 is 23.2 Å². The molecule has 0 saturated heterocycles. The molecule has 0 radical (unpaired) electrons. The van der Waals surface area contributed by atoms with E-state index in [1.54, 1.807) is 13.0 Å². The number of halogens is 4. The van der Waals surface area contributed by atoms with Crippen molar-refractivity contribution in [2.45, 2.75) is 13.1 Å². The molecular formula is C14H10BrF3N2O. The molecule has 0 fully saturated rings. The summed E-state index contributed by atoms with van der Waals surface area (Å²) in [4.78, 5) is 16.0. The molecule has 0 bridgehead atoms. The fourth-order valence-corrected chi connectivity index (χ4v) is 2.22. The lowest BCUT2D eigenvalue weighted by atomic mass is 10.1. The van der Waals surface area contributed by atoms with Crippen molar-refractivity contribution in [3.05, 3.63) is 57.7 Å². The zero-order chi connectivity index (χ0) is 15.6. The third-order valence-corrected chi connectivity index (χ3v) is 3.19. The fourth-order valence-electron chi connectivity index (χ4n) is 1.77. The molecule has 1 aromatic heterocycles. The Morgan fingerprint density at radius 3 is 2.57 bits per heavy atom. The number of alkyl halides is 3. The van der Waals surface area contributed by atoms with Crippen molar-refractivity contribution in [1.29, 1.82) is 0 Å². The summed E-state index contributed by atoms with van der Waals surface area (Å²) < 4.78 is 39.3. The predicted molar refractivity (Wildman–Crippen MR) is 76.1 cm³/mol. The lowest BCUT2D eigenvalue weighted by Crippen LogP contribution is -2.19. The highest BCUT2D eigenvalue weighted by Gasteiger charge is 2.34. The van der Waals surface area contributed by atoms with Crippen molar-refractivity contribution in [1.82, 2.24) is 4.98 Å².